The third-order valence-electron chi connectivity index (χ3n) is 6.96. The Balaban J connectivity index is 1.62. The van der Waals surface area contributed by atoms with E-state index in [1.54, 1.807) is 31.2 Å². The molecule has 9 heteroatoms. The van der Waals surface area contributed by atoms with Gasteiger partial charge in [0.15, 0.2) is 0 Å². The minimum Gasteiger partial charge on any atom is -0.468 e. The Labute approximate surface area is 236 Å². The summed E-state index contributed by atoms with van der Waals surface area (Å²) in [6.07, 6.45) is 1.81. The topological polar surface area (TPSA) is 121 Å². The van der Waals surface area contributed by atoms with E-state index in [2.05, 4.69) is 20.2 Å². The first-order valence-corrected chi connectivity index (χ1v) is 12.9. The first kappa shape index (κ1) is 28.9. The molecule has 8 nitrogen and oxygen atoms in total. The third kappa shape index (κ3) is 6.94. The van der Waals surface area contributed by atoms with Gasteiger partial charge < -0.3 is 20.2 Å². The molecule has 0 aliphatic carbocycles. The lowest BCUT2D eigenvalue weighted by molar-refractivity contribution is -0.139. The molecule has 3 aromatic carbocycles. The Bertz CT molecular complexity index is 1640. The predicted octanol–water partition coefficient (Wildman–Crippen LogP) is 5.10. The molecule has 41 heavy (non-hydrogen) atoms. The second kappa shape index (κ2) is 12.9. The number of amides is 1. The van der Waals surface area contributed by atoms with Crippen molar-refractivity contribution in [3.05, 3.63) is 129 Å². The van der Waals surface area contributed by atoms with Crippen LogP contribution in [0.4, 0.5) is 4.39 Å². The lowest BCUT2D eigenvalue weighted by atomic mass is 9.83. The first-order chi connectivity index (χ1) is 19.7. The Hall–Kier alpha value is -5.05. The van der Waals surface area contributed by atoms with Gasteiger partial charge in [0.25, 0.3) is 11.5 Å². The van der Waals surface area contributed by atoms with Crippen molar-refractivity contribution in [2.24, 2.45) is 5.16 Å². The molecule has 4 aromatic rings. The summed E-state index contributed by atoms with van der Waals surface area (Å²) in [5.74, 6) is -1.53. The number of aromatic nitrogens is 1. The molecule has 1 amide bonds. The fraction of sp³-hybridized carbons (Fsp3) is 0.188. The zero-order valence-electron chi connectivity index (χ0n) is 22.9. The van der Waals surface area contributed by atoms with Gasteiger partial charge in [-0.3, -0.25) is 14.4 Å². The van der Waals surface area contributed by atoms with E-state index < -0.39 is 5.97 Å². The van der Waals surface area contributed by atoms with Crippen LogP contribution in [0, 0.1) is 19.7 Å². The molecule has 0 saturated carbocycles. The van der Waals surface area contributed by atoms with Crippen LogP contribution in [0.1, 0.15) is 50.5 Å². The van der Waals surface area contributed by atoms with Gasteiger partial charge in [0.05, 0.1) is 12.8 Å². The SMILES string of the molecule is COC(=O)CNC(=O)c1ccc(-c2ccc(C(C/C(=N\O)c3c[nH]c(=O)c(C)c3)c3ccc(F)cc3C)cc2)cc1. The van der Waals surface area contributed by atoms with Crippen LogP contribution in [-0.4, -0.2) is 41.4 Å². The van der Waals surface area contributed by atoms with Crippen LogP contribution in [0.25, 0.3) is 11.1 Å². The molecule has 1 unspecified atom stereocenters. The van der Waals surface area contributed by atoms with Crippen molar-refractivity contribution in [1.82, 2.24) is 10.3 Å². The van der Waals surface area contributed by atoms with Crippen molar-refractivity contribution >= 4 is 17.6 Å². The Kier molecular flexibility index (Phi) is 9.08. The zero-order valence-corrected chi connectivity index (χ0v) is 22.9. The summed E-state index contributed by atoms with van der Waals surface area (Å²) in [6, 6.07) is 21.1. The van der Waals surface area contributed by atoms with Crippen LogP contribution >= 0.6 is 0 Å². The normalized spacial score (nSPS) is 12.0. The quantitative estimate of drug-likeness (QED) is 0.115. The number of H-pyrrole nitrogens is 1. The Morgan fingerprint density at radius 3 is 2.20 bits per heavy atom. The molecule has 3 N–H and O–H groups in total. The van der Waals surface area contributed by atoms with Gasteiger partial charge in [0.2, 0.25) is 0 Å². The number of esters is 1. The molecule has 210 valence electrons. The monoisotopic (exact) mass is 555 g/mol. The van der Waals surface area contributed by atoms with Gasteiger partial charge >= 0.3 is 5.97 Å². The number of pyridine rings is 1. The molecule has 0 saturated heterocycles. The number of benzene rings is 3. The van der Waals surface area contributed by atoms with Gasteiger partial charge in [-0.25, -0.2) is 4.39 Å². The van der Waals surface area contributed by atoms with E-state index in [1.807, 2.05) is 43.3 Å². The molecule has 4 rings (SSSR count). The number of ether oxygens (including phenoxy) is 1. The molecule has 0 aliphatic heterocycles. The number of hydrogen-bond donors (Lipinski definition) is 3. The minimum atomic E-state index is -0.532. The second-order valence-corrected chi connectivity index (χ2v) is 9.66. The number of aromatic amines is 1. The number of carbonyl (C=O) groups is 2. The fourth-order valence-electron chi connectivity index (χ4n) is 4.66. The van der Waals surface area contributed by atoms with Crippen molar-refractivity contribution in [2.75, 3.05) is 13.7 Å². The summed E-state index contributed by atoms with van der Waals surface area (Å²) in [7, 11) is 1.25. The average molecular weight is 556 g/mol. The van der Waals surface area contributed by atoms with E-state index in [1.165, 1.54) is 25.4 Å². The summed E-state index contributed by atoms with van der Waals surface area (Å²) < 4.78 is 18.5. The van der Waals surface area contributed by atoms with E-state index >= 15 is 0 Å². The average Bonchev–Trinajstić information content (AvgIpc) is 2.98. The number of carbonyl (C=O) groups excluding carboxylic acids is 2. The molecule has 1 aromatic heterocycles. The highest BCUT2D eigenvalue weighted by molar-refractivity contribution is 6.01. The number of nitrogens with one attached hydrogen (secondary N) is 2. The molecular weight excluding hydrogens is 525 g/mol. The maximum atomic E-state index is 14.0. The number of oxime groups is 1. The van der Waals surface area contributed by atoms with Gasteiger partial charge in [-0.2, -0.15) is 0 Å². The summed E-state index contributed by atoms with van der Waals surface area (Å²) in [4.78, 5) is 38.1. The molecular formula is C32H30FN3O5. The summed E-state index contributed by atoms with van der Waals surface area (Å²) in [5.41, 5.74) is 6.01. The smallest absolute Gasteiger partial charge is 0.325 e. The lowest BCUT2D eigenvalue weighted by Gasteiger charge is -2.21. The molecule has 1 atom stereocenters. The molecule has 0 spiro atoms. The lowest BCUT2D eigenvalue weighted by Crippen LogP contribution is -2.30. The molecule has 0 fully saturated rings. The van der Waals surface area contributed by atoms with Crippen LogP contribution < -0.4 is 10.9 Å². The maximum absolute atomic E-state index is 14.0. The van der Waals surface area contributed by atoms with E-state index in [-0.39, 0.29) is 29.7 Å². The molecule has 1 heterocycles. The highest BCUT2D eigenvalue weighted by Gasteiger charge is 2.21. The minimum absolute atomic E-state index is 0.211. The van der Waals surface area contributed by atoms with Gasteiger partial charge in [-0.15, -0.1) is 0 Å². The zero-order chi connectivity index (χ0) is 29.5. The Morgan fingerprint density at radius 2 is 1.61 bits per heavy atom. The first-order valence-electron chi connectivity index (χ1n) is 12.9. The van der Waals surface area contributed by atoms with E-state index in [0.717, 1.165) is 27.8 Å². The van der Waals surface area contributed by atoms with Crippen LogP contribution in [0.15, 0.2) is 88.9 Å². The van der Waals surface area contributed by atoms with E-state index in [9.17, 15) is 24.0 Å². The van der Waals surface area contributed by atoms with Crippen molar-refractivity contribution in [1.29, 1.82) is 0 Å². The highest BCUT2D eigenvalue weighted by atomic mass is 19.1. The number of aryl methyl sites for hydroxylation is 2. The van der Waals surface area contributed by atoms with Crippen LogP contribution in [0.3, 0.4) is 0 Å². The largest absolute Gasteiger partial charge is 0.468 e. The summed E-state index contributed by atoms with van der Waals surface area (Å²) >= 11 is 0. The van der Waals surface area contributed by atoms with Crippen LogP contribution in [0.2, 0.25) is 0 Å². The van der Waals surface area contributed by atoms with Crippen molar-refractivity contribution in [3.8, 4) is 11.1 Å². The molecule has 0 bridgehead atoms. The van der Waals surface area contributed by atoms with Crippen molar-refractivity contribution in [3.63, 3.8) is 0 Å². The summed E-state index contributed by atoms with van der Waals surface area (Å²) in [5, 5.41) is 16.0. The van der Waals surface area contributed by atoms with Crippen molar-refractivity contribution < 1.29 is 23.9 Å². The fourth-order valence-corrected chi connectivity index (χ4v) is 4.66. The van der Waals surface area contributed by atoms with Crippen LogP contribution in [0.5, 0.6) is 0 Å². The summed E-state index contributed by atoms with van der Waals surface area (Å²) in [6.45, 7) is 3.30. The molecule has 0 aliphatic rings. The van der Waals surface area contributed by atoms with E-state index in [0.29, 0.717) is 28.8 Å². The third-order valence-corrected chi connectivity index (χ3v) is 6.96. The van der Waals surface area contributed by atoms with Crippen molar-refractivity contribution in [2.45, 2.75) is 26.2 Å². The number of rotatable bonds is 9. The standard InChI is InChI=1S/C32H30FN3O5/c1-19-15-26(33)12-13-27(19)28(16-29(36-40)25-14-20(2)31(38)34-17-25)23-8-4-21(5-9-23)22-6-10-24(11-7-22)32(39)35-18-30(37)41-3/h4-15,17,28,40H,16,18H2,1-3H3,(H,34,38)(H,35,39)/b36-29+. The Morgan fingerprint density at radius 1 is 0.951 bits per heavy atom. The van der Waals surface area contributed by atoms with Gasteiger partial charge in [0.1, 0.15) is 12.4 Å². The van der Waals surface area contributed by atoms with Gasteiger partial charge in [-0.05, 0) is 72.0 Å². The van der Waals surface area contributed by atoms with Gasteiger partial charge in [-0.1, -0.05) is 47.6 Å². The number of hydrogen-bond acceptors (Lipinski definition) is 6. The maximum Gasteiger partial charge on any atom is 0.325 e. The number of halogens is 1. The predicted molar refractivity (Wildman–Crippen MR) is 154 cm³/mol. The van der Waals surface area contributed by atoms with Crippen LogP contribution in [-0.2, 0) is 9.53 Å². The number of nitrogens with zero attached hydrogens (tertiary/aromatic N) is 1. The van der Waals surface area contributed by atoms with E-state index in [4.69, 9.17) is 0 Å². The second-order valence-electron chi connectivity index (χ2n) is 9.66. The highest BCUT2D eigenvalue weighted by Crippen LogP contribution is 2.33. The molecule has 0 radical (unpaired) electrons. The van der Waals surface area contributed by atoms with Gasteiger partial charge in [0, 0.05) is 35.2 Å². The number of methoxy groups -OCH3 is 1.